The minimum Gasteiger partial charge on any atom is -0.316 e. The Labute approximate surface area is 154 Å². The molecule has 2 fully saturated rings. The van der Waals surface area contributed by atoms with Gasteiger partial charge in [0, 0.05) is 24.3 Å². The molecule has 0 bridgehead atoms. The van der Waals surface area contributed by atoms with Crippen molar-refractivity contribution in [1.82, 2.24) is 15.2 Å². The Hall–Kier alpha value is -1.13. The monoisotopic (exact) mass is 363 g/mol. The van der Waals surface area contributed by atoms with Gasteiger partial charge in [-0.1, -0.05) is 29.8 Å². The fraction of sp³-hybridized carbons (Fsp3) is 0.421. The lowest BCUT2D eigenvalue weighted by molar-refractivity contribution is 0.263. The number of nitrogens with one attached hydrogen (secondary N) is 1. The second-order valence-corrected chi connectivity index (χ2v) is 7.11. The Morgan fingerprint density at radius 3 is 2.58 bits per heavy atom. The molecule has 5 heteroatoms. The van der Waals surface area contributed by atoms with Crippen LogP contribution >= 0.6 is 24.0 Å². The summed E-state index contributed by atoms with van der Waals surface area (Å²) in [5.41, 5.74) is 2.40. The van der Waals surface area contributed by atoms with E-state index >= 15 is 0 Å². The number of aromatic nitrogens is 1. The van der Waals surface area contributed by atoms with Crippen LogP contribution in [0.2, 0.25) is 5.02 Å². The van der Waals surface area contributed by atoms with E-state index in [1.807, 2.05) is 24.4 Å². The van der Waals surface area contributed by atoms with Crippen LogP contribution < -0.4 is 5.32 Å². The molecule has 2 aromatic rings. The molecule has 3 nitrogen and oxygen atoms in total. The van der Waals surface area contributed by atoms with Gasteiger partial charge in [0.25, 0.3) is 0 Å². The molecule has 24 heavy (non-hydrogen) atoms. The highest BCUT2D eigenvalue weighted by molar-refractivity contribution is 6.30. The van der Waals surface area contributed by atoms with Gasteiger partial charge in [0.1, 0.15) is 0 Å². The number of hydrogen-bond acceptors (Lipinski definition) is 3. The molecule has 128 valence electrons. The summed E-state index contributed by atoms with van der Waals surface area (Å²) in [7, 11) is 0. The lowest BCUT2D eigenvalue weighted by atomic mass is 9.90. The Bertz CT molecular complexity index is 633. The third kappa shape index (κ3) is 3.60. The van der Waals surface area contributed by atoms with Gasteiger partial charge in [-0.25, -0.2) is 0 Å². The van der Waals surface area contributed by atoms with Crippen LogP contribution in [0, 0.1) is 11.8 Å². The molecule has 0 saturated carbocycles. The first kappa shape index (κ1) is 17.7. The van der Waals surface area contributed by atoms with Gasteiger partial charge in [-0.05, 0) is 61.2 Å². The molecule has 1 aromatic carbocycles. The number of piperidine rings is 1. The van der Waals surface area contributed by atoms with Crippen LogP contribution in [-0.2, 0) is 0 Å². The Balaban J connectivity index is 0.00000169. The maximum Gasteiger partial charge on any atom is 0.0776 e. The smallest absolute Gasteiger partial charge is 0.0776 e. The maximum atomic E-state index is 6.08. The number of hydrogen-bond donors (Lipinski definition) is 1. The van der Waals surface area contributed by atoms with Crippen molar-refractivity contribution in [3.8, 4) is 0 Å². The number of nitrogens with zero attached hydrogens (tertiary/aromatic N) is 2. The van der Waals surface area contributed by atoms with Crippen molar-refractivity contribution in [1.29, 1.82) is 0 Å². The highest BCUT2D eigenvalue weighted by Gasteiger charge is 2.38. The molecule has 1 N–H and O–H groups in total. The Kier molecular flexibility index (Phi) is 5.77. The van der Waals surface area contributed by atoms with Gasteiger partial charge >= 0.3 is 0 Å². The normalized spacial score (nSPS) is 24.9. The fourth-order valence-corrected chi connectivity index (χ4v) is 4.20. The molecule has 3 heterocycles. The molecule has 2 saturated heterocycles. The molecular weight excluding hydrogens is 341 g/mol. The minimum absolute atomic E-state index is 0. The fourth-order valence-electron chi connectivity index (χ4n) is 4.07. The van der Waals surface area contributed by atoms with Gasteiger partial charge in [-0.3, -0.25) is 9.88 Å². The third-order valence-corrected chi connectivity index (χ3v) is 5.47. The van der Waals surface area contributed by atoms with Gasteiger partial charge in [0.2, 0.25) is 0 Å². The van der Waals surface area contributed by atoms with E-state index in [1.54, 1.807) is 0 Å². The number of rotatable bonds is 3. The zero-order valence-corrected chi connectivity index (χ0v) is 15.1. The Morgan fingerprint density at radius 2 is 1.88 bits per heavy atom. The first-order chi connectivity index (χ1) is 11.3. The molecule has 4 rings (SSSR count). The summed E-state index contributed by atoms with van der Waals surface area (Å²) in [6.07, 6.45) is 3.18. The van der Waals surface area contributed by atoms with Gasteiger partial charge in [0.15, 0.2) is 0 Å². The first-order valence-electron chi connectivity index (χ1n) is 8.42. The van der Waals surface area contributed by atoms with Crippen molar-refractivity contribution in [2.45, 2.75) is 12.5 Å². The van der Waals surface area contributed by atoms with Crippen LogP contribution in [0.5, 0.6) is 0 Å². The van der Waals surface area contributed by atoms with E-state index in [4.69, 9.17) is 11.6 Å². The molecule has 0 amide bonds. The van der Waals surface area contributed by atoms with E-state index in [-0.39, 0.29) is 18.4 Å². The van der Waals surface area contributed by atoms with Crippen molar-refractivity contribution in [2.75, 3.05) is 26.2 Å². The number of benzene rings is 1. The first-order valence-corrected chi connectivity index (χ1v) is 8.80. The van der Waals surface area contributed by atoms with Crippen molar-refractivity contribution < 1.29 is 0 Å². The number of halogens is 2. The quantitative estimate of drug-likeness (QED) is 0.898. The summed E-state index contributed by atoms with van der Waals surface area (Å²) in [6.45, 7) is 4.61. The summed E-state index contributed by atoms with van der Waals surface area (Å²) in [6, 6.07) is 14.7. The molecule has 3 atom stereocenters. The average Bonchev–Trinajstić information content (AvgIpc) is 3.01. The standard InChI is InChI=1S/C19H22ClN3.ClH/c20-17-6-4-14(5-7-17)19(18-3-1-2-9-22-18)23-12-15-8-10-21-11-16(15)13-23;/h1-7,9,15-16,19,21H,8,10-13H2;1H. The third-order valence-electron chi connectivity index (χ3n) is 5.22. The van der Waals surface area contributed by atoms with Crippen molar-refractivity contribution in [3.63, 3.8) is 0 Å². The largest absolute Gasteiger partial charge is 0.316 e. The second kappa shape index (κ2) is 7.83. The molecule has 0 spiro atoms. The zero-order chi connectivity index (χ0) is 15.6. The van der Waals surface area contributed by atoms with E-state index in [1.165, 1.54) is 12.0 Å². The lowest BCUT2D eigenvalue weighted by Crippen LogP contribution is -2.35. The number of pyridine rings is 1. The predicted molar refractivity (Wildman–Crippen MR) is 101 cm³/mol. The molecular formula is C19H23Cl2N3. The van der Waals surface area contributed by atoms with E-state index < -0.39 is 0 Å². The van der Waals surface area contributed by atoms with Crippen LogP contribution in [0.4, 0.5) is 0 Å². The van der Waals surface area contributed by atoms with E-state index in [2.05, 4.69) is 39.5 Å². The van der Waals surface area contributed by atoms with Gasteiger partial charge in [-0.15, -0.1) is 12.4 Å². The van der Waals surface area contributed by atoms with Gasteiger partial charge in [0.05, 0.1) is 11.7 Å². The predicted octanol–water partition coefficient (Wildman–Crippen LogP) is 3.79. The topological polar surface area (TPSA) is 28.2 Å². The molecule has 3 unspecified atom stereocenters. The minimum atomic E-state index is 0. The highest BCUT2D eigenvalue weighted by atomic mass is 35.5. The van der Waals surface area contributed by atoms with Crippen LogP contribution in [0.3, 0.4) is 0 Å². The average molecular weight is 364 g/mol. The van der Waals surface area contributed by atoms with Crippen LogP contribution in [-0.4, -0.2) is 36.1 Å². The summed E-state index contributed by atoms with van der Waals surface area (Å²) in [4.78, 5) is 7.25. The molecule has 1 aromatic heterocycles. The SMILES string of the molecule is Cl.Clc1ccc(C(c2ccccn2)N2CC3CCNCC3C2)cc1. The van der Waals surface area contributed by atoms with Crippen molar-refractivity contribution in [2.24, 2.45) is 11.8 Å². The number of likely N-dealkylation sites (tertiary alicyclic amines) is 1. The van der Waals surface area contributed by atoms with Crippen LogP contribution in [0.1, 0.15) is 23.7 Å². The van der Waals surface area contributed by atoms with Gasteiger partial charge in [-0.2, -0.15) is 0 Å². The van der Waals surface area contributed by atoms with E-state index in [0.717, 1.165) is 48.7 Å². The molecule has 2 aliphatic rings. The summed E-state index contributed by atoms with van der Waals surface area (Å²) in [5.74, 6) is 1.58. The van der Waals surface area contributed by atoms with Crippen molar-refractivity contribution in [3.05, 3.63) is 64.9 Å². The molecule has 2 aliphatic heterocycles. The Morgan fingerprint density at radius 1 is 1.08 bits per heavy atom. The highest BCUT2D eigenvalue weighted by Crippen LogP contribution is 2.37. The number of fused-ring (bicyclic) bond motifs is 1. The maximum absolute atomic E-state index is 6.08. The molecule has 0 aliphatic carbocycles. The lowest BCUT2D eigenvalue weighted by Gasteiger charge is -2.28. The summed E-state index contributed by atoms with van der Waals surface area (Å²) >= 11 is 6.08. The second-order valence-electron chi connectivity index (χ2n) is 6.68. The summed E-state index contributed by atoms with van der Waals surface area (Å²) in [5, 5.41) is 4.33. The summed E-state index contributed by atoms with van der Waals surface area (Å²) < 4.78 is 0. The van der Waals surface area contributed by atoms with Crippen LogP contribution in [0.25, 0.3) is 0 Å². The van der Waals surface area contributed by atoms with E-state index in [0.29, 0.717) is 0 Å². The van der Waals surface area contributed by atoms with Crippen LogP contribution in [0.15, 0.2) is 48.7 Å². The molecule has 0 radical (unpaired) electrons. The van der Waals surface area contributed by atoms with Gasteiger partial charge < -0.3 is 5.32 Å². The van der Waals surface area contributed by atoms with E-state index in [9.17, 15) is 0 Å². The zero-order valence-electron chi connectivity index (χ0n) is 13.6. The van der Waals surface area contributed by atoms with Crippen molar-refractivity contribution >= 4 is 24.0 Å².